The van der Waals surface area contributed by atoms with Crippen molar-refractivity contribution >= 4 is 74.9 Å². The fraction of sp³-hybridized carbons (Fsp3) is 0. The van der Waals surface area contributed by atoms with Crippen LogP contribution in [-0.2, 0) is 0 Å². The second kappa shape index (κ2) is 9.83. The standard InChI is InChI=1S/C42H25N3S/c1-3-14-27(15-4-1)39-34(25-43-42(44-39)28-16-5-2-6-17-28)45-33-24-23-26-13-7-8-18-29(26)36(33)38-37-32-21-11-12-22-35(32)46-41(37)31-20-10-9-19-30(31)40(38)45/h1-25H. The van der Waals surface area contributed by atoms with Gasteiger partial charge in [-0.05, 0) is 22.9 Å². The molecule has 0 fully saturated rings. The minimum absolute atomic E-state index is 0.713. The van der Waals surface area contributed by atoms with E-state index >= 15 is 0 Å². The number of nitrogens with zero attached hydrogens (tertiary/aromatic N) is 3. The van der Waals surface area contributed by atoms with Gasteiger partial charge in [0, 0.05) is 52.8 Å². The maximum absolute atomic E-state index is 5.30. The van der Waals surface area contributed by atoms with Gasteiger partial charge in [-0.25, -0.2) is 9.97 Å². The molecule has 0 aliphatic heterocycles. The van der Waals surface area contributed by atoms with E-state index < -0.39 is 0 Å². The number of hydrogen-bond acceptors (Lipinski definition) is 3. The van der Waals surface area contributed by atoms with Gasteiger partial charge in [0.2, 0.25) is 0 Å². The molecule has 46 heavy (non-hydrogen) atoms. The number of hydrogen-bond donors (Lipinski definition) is 0. The van der Waals surface area contributed by atoms with Crippen LogP contribution in [0.3, 0.4) is 0 Å². The minimum Gasteiger partial charge on any atom is -0.305 e. The minimum atomic E-state index is 0.713. The third-order valence-electron chi connectivity index (χ3n) is 9.22. The Balaban J connectivity index is 1.47. The Hall–Kier alpha value is -5.84. The SMILES string of the molecule is c1ccc(-c2ncc(-n3c4ccc5ccccc5c4c4c5c6ccccc6sc5c5ccccc5c43)c(-c3ccccc3)n2)cc1. The molecule has 0 spiro atoms. The number of fused-ring (bicyclic) bond motifs is 12. The Morgan fingerprint density at radius 3 is 1.96 bits per heavy atom. The number of rotatable bonds is 3. The molecule has 10 rings (SSSR count). The van der Waals surface area contributed by atoms with E-state index in [0.717, 1.165) is 28.0 Å². The first-order valence-electron chi connectivity index (χ1n) is 15.5. The topological polar surface area (TPSA) is 30.7 Å². The van der Waals surface area contributed by atoms with Crippen LogP contribution in [0, 0.1) is 0 Å². The Kier molecular flexibility index (Phi) is 5.45. The zero-order chi connectivity index (χ0) is 30.2. The van der Waals surface area contributed by atoms with E-state index in [2.05, 4.69) is 132 Å². The molecule has 0 saturated heterocycles. The third-order valence-corrected chi connectivity index (χ3v) is 10.4. The molecule has 0 atom stereocenters. The summed E-state index contributed by atoms with van der Waals surface area (Å²) in [6.07, 6.45) is 2.02. The fourth-order valence-corrected chi connectivity index (χ4v) is 8.50. The molecule has 0 aliphatic rings. The van der Waals surface area contributed by atoms with Crippen LogP contribution in [0.15, 0.2) is 152 Å². The molecule has 0 unspecified atom stereocenters. The molecule has 0 radical (unpaired) electrons. The molecule has 0 bridgehead atoms. The van der Waals surface area contributed by atoms with Gasteiger partial charge in [0.1, 0.15) is 0 Å². The van der Waals surface area contributed by atoms with E-state index in [1.54, 1.807) is 0 Å². The van der Waals surface area contributed by atoms with E-state index in [1.165, 1.54) is 58.0 Å². The molecule has 3 heterocycles. The van der Waals surface area contributed by atoms with Gasteiger partial charge >= 0.3 is 0 Å². The normalized spacial score (nSPS) is 11.9. The highest BCUT2D eigenvalue weighted by Gasteiger charge is 2.25. The zero-order valence-electron chi connectivity index (χ0n) is 24.7. The Morgan fingerprint density at radius 1 is 0.500 bits per heavy atom. The lowest BCUT2D eigenvalue weighted by Gasteiger charge is -2.15. The van der Waals surface area contributed by atoms with Crippen molar-refractivity contribution in [1.29, 1.82) is 0 Å². The van der Waals surface area contributed by atoms with E-state index in [-0.39, 0.29) is 0 Å². The molecule has 3 nitrogen and oxygen atoms in total. The predicted molar refractivity (Wildman–Crippen MR) is 195 cm³/mol. The second-order valence-corrected chi connectivity index (χ2v) is 12.8. The van der Waals surface area contributed by atoms with Crippen molar-refractivity contribution in [2.24, 2.45) is 0 Å². The van der Waals surface area contributed by atoms with Gasteiger partial charge in [0.15, 0.2) is 5.82 Å². The summed E-state index contributed by atoms with van der Waals surface area (Å²) in [5, 5.41) is 10.1. The molecule has 0 aliphatic carbocycles. The first kappa shape index (κ1) is 25.5. The molecule has 0 N–H and O–H groups in total. The average molecular weight is 604 g/mol. The Labute approximate surface area is 268 Å². The van der Waals surface area contributed by atoms with E-state index in [9.17, 15) is 0 Å². The molecule has 4 heteroatoms. The lowest BCUT2D eigenvalue weighted by atomic mass is 9.97. The molecule has 0 saturated carbocycles. The monoisotopic (exact) mass is 603 g/mol. The van der Waals surface area contributed by atoms with Gasteiger partial charge in [-0.1, -0.05) is 133 Å². The van der Waals surface area contributed by atoms with Crippen molar-refractivity contribution in [2.75, 3.05) is 0 Å². The van der Waals surface area contributed by atoms with Gasteiger partial charge in [-0.2, -0.15) is 0 Å². The summed E-state index contributed by atoms with van der Waals surface area (Å²) in [7, 11) is 0. The average Bonchev–Trinajstić information content (AvgIpc) is 3.69. The zero-order valence-corrected chi connectivity index (χ0v) is 25.5. The van der Waals surface area contributed by atoms with E-state index in [4.69, 9.17) is 9.97 Å². The van der Waals surface area contributed by atoms with Crippen LogP contribution in [0.1, 0.15) is 0 Å². The molecule has 214 valence electrons. The summed E-state index contributed by atoms with van der Waals surface area (Å²) in [4.78, 5) is 10.3. The summed E-state index contributed by atoms with van der Waals surface area (Å²) in [5.74, 6) is 0.713. The van der Waals surface area contributed by atoms with E-state index in [1.807, 2.05) is 35.7 Å². The van der Waals surface area contributed by atoms with Crippen molar-refractivity contribution in [3.05, 3.63) is 152 Å². The summed E-state index contributed by atoms with van der Waals surface area (Å²) >= 11 is 1.89. The van der Waals surface area contributed by atoms with Crippen molar-refractivity contribution in [1.82, 2.24) is 14.5 Å². The first-order chi connectivity index (χ1) is 22.8. The number of aromatic nitrogens is 3. The highest BCUT2D eigenvalue weighted by Crippen LogP contribution is 2.49. The third kappa shape index (κ3) is 3.59. The summed E-state index contributed by atoms with van der Waals surface area (Å²) in [6.45, 7) is 0. The maximum atomic E-state index is 5.30. The predicted octanol–water partition coefficient (Wildman–Crippen LogP) is 11.6. The quantitative estimate of drug-likeness (QED) is 0.201. The molecular weight excluding hydrogens is 579 g/mol. The van der Waals surface area contributed by atoms with Gasteiger partial charge < -0.3 is 4.57 Å². The van der Waals surface area contributed by atoms with E-state index in [0.29, 0.717) is 5.82 Å². The highest BCUT2D eigenvalue weighted by atomic mass is 32.1. The van der Waals surface area contributed by atoms with Gasteiger partial charge in [-0.3, -0.25) is 0 Å². The van der Waals surface area contributed by atoms with Crippen LogP contribution in [0.2, 0.25) is 0 Å². The van der Waals surface area contributed by atoms with Crippen LogP contribution < -0.4 is 0 Å². The number of benzene rings is 7. The molecule has 0 amide bonds. The van der Waals surface area contributed by atoms with Crippen LogP contribution in [0.25, 0.3) is 91.9 Å². The van der Waals surface area contributed by atoms with Gasteiger partial charge in [0.05, 0.1) is 28.6 Å². The van der Waals surface area contributed by atoms with Crippen molar-refractivity contribution in [3.8, 4) is 28.3 Å². The smallest absolute Gasteiger partial charge is 0.159 e. The van der Waals surface area contributed by atoms with Crippen LogP contribution in [0.5, 0.6) is 0 Å². The molecule has 10 aromatic rings. The first-order valence-corrected chi connectivity index (χ1v) is 16.3. The van der Waals surface area contributed by atoms with Crippen LogP contribution in [-0.4, -0.2) is 14.5 Å². The lowest BCUT2D eigenvalue weighted by Crippen LogP contribution is -2.03. The summed E-state index contributed by atoms with van der Waals surface area (Å²) in [5.41, 5.74) is 6.25. The second-order valence-electron chi connectivity index (χ2n) is 11.7. The Morgan fingerprint density at radius 2 is 1.15 bits per heavy atom. The summed E-state index contributed by atoms with van der Waals surface area (Å²) in [6, 6.07) is 51.8. The fourth-order valence-electron chi connectivity index (χ4n) is 7.25. The molecule has 3 aromatic heterocycles. The van der Waals surface area contributed by atoms with Gasteiger partial charge in [-0.15, -0.1) is 11.3 Å². The van der Waals surface area contributed by atoms with Crippen LogP contribution in [0.4, 0.5) is 0 Å². The highest BCUT2D eigenvalue weighted by molar-refractivity contribution is 7.27. The van der Waals surface area contributed by atoms with Crippen LogP contribution >= 0.6 is 11.3 Å². The van der Waals surface area contributed by atoms with Gasteiger partial charge in [0.25, 0.3) is 0 Å². The van der Waals surface area contributed by atoms with Crippen molar-refractivity contribution in [2.45, 2.75) is 0 Å². The summed E-state index contributed by atoms with van der Waals surface area (Å²) < 4.78 is 5.06. The maximum Gasteiger partial charge on any atom is 0.159 e. The number of thiophene rings is 1. The lowest BCUT2D eigenvalue weighted by molar-refractivity contribution is 1.09. The Bertz CT molecular complexity index is 2790. The largest absolute Gasteiger partial charge is 0.305 e. The van der Waals surface area contributed by atoms with Crippen molar-refractivity contribution < 1.29 is 0 Å². The van der Waals surface area contributed by atoms with Crippen molar-refractivity contribution in [3.63, 3.8) is 0 Å². The molecule has 7 aromatic carbocycles. The molecular formula is C42H25N3S.